The number of benzene rings is 2. The van der Waals surface area contributed by atoms with E-state index >= 15 is 0 Å². The number of hydrogen-bond donors (Lipinski definition) is 4. The highest BCUT2D eigenvalue weighted by Gasteiger charge is 2.44. The monoisotopic (exact) mass is 522 g/mol. The van der Waals surface area contributed by atoms with Crippen LogP contribution < -0.4 is 20.9 Å². The topological polar surface area (TPSA) is 154 Å². The summed E-state index contributed by atoms with van der Waals surface area (Å²) in [6.07, 6.45) is 4.70. The Balaban J connectivity index is 1.86. The molecule has 1 aliphatic carbocycles. The average Bonchev–Trinajstić information content (AvgIpc) is 2.93. The second kappa shape index (κ2) is 11.4. The van der Waals surface area contributed by atoms with Gasteiger partial charge in [-0.3, -0.25) is 4.79 Å². The summed E-state index contributed by atoms with van der Waals surface area (Å²) in [5.41, 5.74) is 11.7. The zero-order valence-electron chi connectivity index (χ0n) is 21.3. The Morgan fingerprint density at radius 3 is 2.21 bits per heavy atom. The van der Waals surface area contributed by atoms with Crippen molar-refractivity contribution in [1.82, 2.24) is 9.97 Å². The summed E-state index contributed by atoms with van der Waals surface area (Å²) >= 11 is 0. The number of anilines is 2. The molecular weight excluding hydrogens is 496 g/mol. The van der Waals surface area contributed by atoms with Crippen LogP contribution in [0, 0.1) is 29.6 Å². The highest BCUT2D eigenvalue weighted by Crippen LogP contribution is 2.35. The Kier molecular flexibility index (Phi) is 7.85. The standard InChI is InChI=1S/C30H26N4O5/c1-38-25-9-5-3-7-20(25)11-12-23-16-19(15-22-18-33-29(32)34-27(22)31)17-24(28(35)36)30(23,37)14-13-21-8-4-6-10-26(21)39-2/h3-10,16-18,24,37H,15H2,1-2H3,(H,35,36)(H4,31,32,33,34). The van der Waals surface area contributed by atoms with Crippen LogP contribution in [0.4, 0.5) is 11.8 Å². The van der Waals surface area contributed by atoms with Crippen LogP contribution in [0.5, 0.6) is 11.5 Å². The molecule has 0 bridgehead atoms. The predicted molar refractivity (Wildman–Crippen MR) is 147 cm³/mol. The van der Waals surface area contributed by atoms with Crippen LogP contribution in [-0.4, -0.2) is 46.0 Å². The van der Waals surface area contributed by atoms with Crippen LogP contribution in [0.2, 0.25) is 0 Å². The lowest BCUT2D eigenvalue weighted by Gasteiger charge is -2.31. The lowest BCUT2D eigenvalue weighted by molar-refractivity contribution is -0.144. The number of carboxylic acids is 1. The van der Waals surface area contributed by atoms with E-state index < -0.39 is 17.5 Å². The molecule has 0 fully saturated rings. The van der Waals surface area contributed by atoms with E-state index in [1.165, 1.54) is 26.5 Å². The van der Waals surface area contributed by atoms with Crippen LogP contribution in [0.3, 0.4) is 0 Å². The van der Waals surface area contributed by atoms with Crippen molar-refractivity contribution >= 4 is 17.7 Å². The van der Waals surface area contributed by atoms with Crippen LogP contribution in [0.25, 0.3) is 0 Å². The first kappa shape index (κ1) is 26.8. The molecule has 0 spiro atoms. The summed E-state index contributed by atoms with van der Waals surface area (Å²) in [7, 11) is 3.03. The third kappa shape index (κ3) is 5.85. The van der Waals surface area contributed by atoms with Gasteiger partial charge in [0.1, 0.15) is 23.2 Å². The highest BCUT2D eigenvalue weighted by atomic mass is 16.5. The molecule has 0 saturated heterocycles. The van der Waals surface area contributed by atoms with E-state index in [0.29, 0.717) is 33.8 Å². The minimum atomic E-state index is -2.16. The Hall–Kier alpha value is -5.25. The maximum absolute atomic E-state index is 12.5. The molecule has 2 aromatic carbocycles. The molecule has 9 nitrogen and oxygen atoms in total. The second-order valence-electron chi connectivity index (χ2n) is 8.60. The maximum atomic E-state index is 12.5. The summed E-state index contributed by atoms with van der Waals surface area (Å²) < 4.78 is 10.7. The fourth-order valence-corrected chi connectivity index (χ4v) is 4.07. The normalized spacial score (nSPS) is 17.9. The Morgan fingerprint density at radius 1 is 1.00 bits per heavy atom. The van der Waals surface area contributed by atoms with Gasteiger partial charge in [-0.1, -0.05) is 54.0 Å². The van der Waals surface area contributed by atoms with Crippen molar-refractivity contribution in [2.45, 2.75) is 12.0 Å². The average molecular weight is 523 g/mol. The molecule has 3 aromatic rings. The molecule has 39 heavy (non-hydrogen) atoms. The number of methoxy groups -OCH3 is 2. The fraction of sp³-hybridized carbons (Fsp3) is 0.167. The van der Waals surface area contributed by atoms with Crippen molar-refractivity contribution in [3.8, 4) is 35.2 Å². The molecule has 6 N–H and O–H groups in total. The number of para-hydroxylation sites is 2. The highest BCUT2D eigenvalue weighted by molar-refractivity contribution is 5.79. The number of aliphatic hydroxyl groups is 1. The van der Waals surface area contributed by atoms with E-state index in [4.69, 9.17) is 20.9 Å². The number of nitrogens with two attached hydrogens (primary N) is 2. The third-order valence-corrected chi connectivity index (χ3v) is 6.08. The maximum Gasteiger partial charge on any atom is 0.314 e. The molecule has 1 aromatic heterocycles. The van der Waals surface area contributed by atoms with Crippen molar-refractivity contribution in [3.05, 3.63) is 94.7 Å². The third-order valence-electron chi connectivity index (χ3n) is 6.08. The van der Waals surface area contributed by atoms with Crippen molar-refractivity contribution in [3.63, 3.8) is 0 Å². The van der Waals surface area contributed by atoms with Gasteiger partial charge in [-0.25, -0.2) is 4.98 Å². The zero-order chi connectivity index (χ0) is 28.0. The summed E-state index contributed by atoms with van der Waals surface area (Å²) in [5, 5.41) is 22.0. The summed E-state index contributed by atoms with van der Waals surface area (Å²) in [6.45, 7) is 0. The van der Waals surface area contributed by atoms with E-state index in [2.05, 4.69) is 33.6 Å². The summed E-state index contributed by atoms with van der Waals surface area (Å²) in [6, 6.07) is 14.1. The summed E-state index contributed by atoms with van der Waals surface area (Å²) in [4.78, 5) is 20.4. The van der Waals surface area contributed by atoms with Crippen molar-refractivity contribution < 1.29 is 24.5 Å². The van der Waals surface area contributed by atoms with Gasteiger partial charge < -0.3 is 31.2 Å². The predicted octanol–water partition coefficient (Wildman–Crippen LogP) is 2.60. The minimum absolute atomic E-state index is 0.0252. The molecular formula is C30H26N4O5. The Morgan fingerprint density at radius 2 is 1.62 bits per heavy atom. The molecule has 0 amide bonds. The number of nitrogens with zero attached hydrogens (tertiary/aromatic N) is 2. The largest absolute Gasteiger partial charge is 0.495 e. The van der Waals surface area contributed by atoms with Gasteiger partial charge in [0.05, 0.1) is 25.3 Å². The van der Waals surface area contributed by atoms with E-state index in [0.717, 1.165) is 0 Å². The molecule has 0 saturated carbocycles. The molecule has 0 radical (unpaired) electrons. The van der Waals surface area contributed by atoms with Gasteiger partial charge in [-0.05, 0) is 35.9 Å². The van der Waals surface area contributed by atoms with Crippen LogP contribution in [-0.2, 0) is 11.2 Å². The summed E-state index contributed by atoms with van der Waals surface area (Å²) in [5.74, 6) is 10.1. The van der Waals surface area contributed by atoms with Gasteiger partial charge in [0, 0.05) is 23.8 Å². The number of hydrogen-bond acceptors (Lipinski definition) is 8. The van der Waals surface area contributed by atoms with Crippen LogP contribution in [0.15, 0.2) is 78.0 Å². The van der Waals surface area contributed by atoms with Gasteiger partial charge in [0.2, 0.25) is 5.95 Å². The van der Waals surface area contributed by atoms with Crippen LogP contribution >= 0.6 is 0 Å². The van der Waals surface area contributed by atoms with Crippen molar-refractivity contribution in [2.75, 3.05) is 25.7 Å². The molecule has 1 aliphatic rings. The van der Waals surface area contributed by atoms with E-state index in [9.17, 15) is 15.0 Å². The number of aliphatic carboxylic acids is 1. The van der Waals surface area contributed by atoms with Gasteiger partial charge in [-0.15, -0.1) is 0 Å². The number of rotatable bonds is 5. The van der Waals surface area contributed by atoms with Gasteiger partial charge in [0.25, 0.3) is 0 Å². The van der Waals surface area contributed by atoms with Gasteiger partial charge >= 0.3 is 5.97 Å². The van der Waals surface area contributed by atoms with Gasteiger partial charge in [0.15, 0.2) is 5.60 Å². The second-order valence-corrected chi connectivity index (χ2v) is 8.60. The molecule has 0 aliphatic heterocycles. The van der Waals surface area contributed by atoms with Crippen molar-refractivity contribution in [2.24, 2.45) is 5.92 Å². The number of ether oxygens (including phenoxy) is 2. The number of aromatic nitrogens is 2. The fourth-order valence-electron chi connectivity index (χ4n) is 4.07. The quantitative estimate of drug-likeness (QED) is 0.370. The zero-order valence-corrected chi connectivity index (χ0v) is 21.3. The van der Waals surface area contributed by atoms with E-state index in [1.807, 2.05) is 0 Å². The van der Waals surface area contributed by atoms with Crippen molar-refractivity contribution in [1.29, 1.82) is 0 Å². The number of carboxylic acid groups (broad SMARTS) is 1. The molecule has 2 atom stereocenters. The number of allylic oxidation sites excluding steroid dienone is 2. The Labute approximate surface area is 225 Å². The molecule has 1 heterocycles. The SMILES string of the molecule is COc1ccccc1C#CC1=CC(Cc2cnc(N)nc2N)=CC(C(=O)O)C1(O)C#Cc1ccccc1OC. The number of carbonyl (C=O) groups is 1. The van der Waals surface area contributed by atoms with E-state index in [-0.39, 0.29) is 23.8 Å². The number of nitrogen functional groups attached to an aromatic ring is 2. The molecule has 9 heteroatoms. The molecule has 4 rings (SSSR count). The lowest BCUT2D eigenvalue weighted by Crippen LogP contribution is -2.43. The Bertz CT molecular complexity index is 1610. The smallest absolute Gasteiger partial charge is 0.314 e. The molecule has 196 valence electrons. The minimum Gasteiger partial charge on any atom is -0.495 e. The molecule has 2 unspecified atom stereocenters. The first-order valence-electron chi connectivity index (χ1n) is 11.8. The van der Waals surface area contributed by atoms with Crippen LogP contribution in [0.1, 0.15) is 16.7 Å². The first-order valence-corrected chi connectivity index (χ1v) is 11.8. The van der Waals surface area contributed by atoms with E-state index in [1.54, 1.807) is 54.6 Å². The lowest BCUT2D eigenvalue weighted by atomic mass is 9.75. The van der Waals surface area contributed by atoms with Gasteiger partial charge in [-0.2, -0.15) is 4.98 Å². The first-order chi connectivity index (χ1) is 18.7.